The highest BCUT2D eigenvalue weighted by molar-refractivity contribution is 6.31. The van der Waals surface area contributed by atoms with Gasteiger partial charge in [-0.2, -0.15) is 5.10 Å². The zero-order chi connectivity index (χ0) is 22.7. The number of carbonyl (C=O) groups is 3. The molecule has 0 bridgehead atoms. The van der Waals surface area contributed by atoms with E-state index in [4.69, 9.17) is 25.8 Å². The maximum atomic E-state index is 12.3. The number of amides is 1. The van der Waals surface area contributed by atoms with E-state index in [1.807, 2.05) is 0 Å². The SMILES string of the molecule is COc1cc(C2CC(c3cc(Cl)ccc3OC(C)=O)=NN2C(C)=O)ccc1OC(C)=O. The number of halogens is 1. The van der Waals surface area contributed by atoms with E-state index >= 15 is 0 Å². The molecule has 1 amide bonds. The summed E-state index contributed by atoms with van der Waals surface area (Å²) in [6, 6.07) is 9.45. The number of ether oxygens (including phenoxy) is 3. The summed E-state index contributed by atoms with van der Waals surface area (Å²) in [5, 5.41) is 6.27. The number of hydrazone groups is 1. The van der Waals surface area contributed by atoms with Gasteiger partial charge in [-0.1, -0.05) is 17.7 Å². The Kier molecular flexibility index (Phi) is 6.60. The van der Waals surface area contributed by atoms with Crippen LogP contribution in [0.3, 0.4) is 0 Å². The largest absolute Gasteiger partial charge is 0.493 e. The molecule has 0 fully saturated rings. The van der Waals surface area contributed by atoms with Gasteiger partial charge in [-0.3, -0.25) is 14.4 Å². The molecule has 8 nitrogen and oxygen atoms in total. The summed E-state index contributed by atoms with van der Waals surface area (Å²) < 4.78 is 15.8. The third kappa shape index (κ3) is 5.03. The highest BCUT2D eigenvalue weighted by atomic mass is 35.5. The second-order valence-electron chi connectivity index (χ2n) is 6.87. The summed E-state index contributed by atoms with van der Waals surface area (Å²) >= 11 is 6.15. The molecule has 1 heterocycles. The lowest BCUT2D eigenvalue weighted by Crippen LogP contribution is -2.24. The van der Waals surface area contributed by atoms with E-state index in [1.165, 1.54) is 32.9 Å². The van der Waals surface area contributed by atoms with Crippen LogP contribution in [0.4, 0.5) is 0 Å². The minimum Gasteiger partial charge on any atom is -0.493 e. The molecule has 0 saturated heterocycles. The quantitative estimate of drug-likeness (QED) is 0.512. The van der Waals surface area contributed by atoms with Gasteiger partial charge >= 0.3 is 11.9 Å². The number of hydrogen-bond acceptors (Lipinski definition) is 7. The van der Waals surface area contributed by atoms with Crippen LogP contribution in [-0.4, -0.2) is 35.7 Å². The summed E-state index contributed by atoms with van der Waals surface area (Å²) in [6.07, 6.45) is 0.351. The van der Waals surface area contributed by atoms with Gasteiger partial charge in [0, 0.05) is 37.8 Å². The highest BCUT2D eigenvalue weighted by Crippen LogP contribution is 2.39. The summed E-state index contributed by atoms with van der Waals surface area (Å²) in [7, 11) is 1.46. The van der Waals surface area contributed by atoms with Crippen LogP contribution in [0.1, 0.15) is 44.4 Å². The Labute approximate surface area is 184 Å². The van der Waals surface area contributed by atoms with Gasteiger partial charge in [0.1, 0.15) is 5.75 Å². The van der Waals surface area contributed by atoms with Crippen LogP contribution in [0, 0.1) is 0 Å². The zero-order valence-electron chi connectivity index (χ0n) is 17.5. The first-order valence-electron chi connectivity index (χ1n) is 9.41. The predicted molar refractivity (Wildman–Crippen MR) is 113 cm³/mol. The van der Waals surface area contributed by atoms with Gasteiger partial charge < -0.3 is 14.2 Å². The van der Waals surface area contributed by atoms with Crippen LogP contribution in [-0.2, 0) is 14.4 Å². The number of esters is 2. The van der Waals surface area contributed by atoms with Crippen molar-refractivity contribution < 1.29 is 28.6 Å². The third-order valence-corrected chi connectivity index (χ3v) is 4.80. The summed E-state index contributed by atoms with van der Waals surface area (Å²) in [4.78, 5) is 35.1. The van der Waals surface area contributed by atoms with Gasteiger partial charge in [0.2, 0.25) is 5.91 Å². The van der Waals surface area contributed by atoms with E-state index in [2.05, 4.69) is 5.10 Å². The molecule has 1 atom stereocenters. The van der Waals surface area contributed by atoms with E-state index < -0.39 is 18.0 Å². The molecule has 0 spiro atoms. The van der Waals surface area contributed by atoms with Crippen molar-refractivity contribution in [3.8, 4) is 17.2 Å². The molecular formula is C22H21ClN2O6. The van der Waals surface area contributed by atoms with Crippen molar-refractivity contribution in [1.29, 1.82) is 0 Å². The fourth-order valence-electron chi connectivity index (χ4n) is 3.33. The maximum absolute atomic E-state index is 12.3. The molecule has 2 aromatic rings. The Morgan fingerprint density at radius 2 is 1.61 bits per heavy atom. The van der Waals surface area contributed by atoms with Crippen molar-refractivity contribution in [2.24, 2.45) is 5.10 Å². The number of rotatable bonds is 5. The topological polar surface area (TPSA) is 94.5 Å². The number of carbonyl (C=O) groups excluding carboxylic acids is 3. The molecule has 0 aliphatic carbocycles. The molecule has 162 valence electrons. The Bertz CT molecular complexity index is 1080. The molecule has 1 aliphatic heterocycles. The van der Waals surface area contributed by atoms with Gasteiger partial charge in [-0.15, -0.1) is 0 Å². The second kappa shape index (κ2) is 9.18. The molecule has 9 heteroatoms. The third-order valence-electron chi connectivity index (χ3n) is 4.57. The molecule has 0 radical (unpaired) electrons. The average Bonchev–Trinajstić information content (AvgIpc) is 3.14. The van der Waals surface area contributed by atoms with E-state index in [9.17, 15) is 14.4 Å². The van der Waals surface area contributed by atoms with Crippen molar-refractivity contribution in [2.75, 3.05) is 7.11 Å². The zero-order valence-corrected chi connectivity index (χ0v) is 18.2. The van der Waals surface area contributed by atoms with Crippen molar-refractivity contribution in [3.05, 3.63) is 52.5 Å². The van der Waals surface area contributed by atoms with Crippen molar-refractivity contribution in [2.45, 2.75) is 33.2 Å². The molecule has 31 heavy (non-hydrogen) atoms. The lowest BCUT2D eigenvalue weighted by Gasteiger charge is -2.21. The second-order valence-corrected chi connectivity index (χ2v) is 7.30. The molecule has 3 rings (SSSR count). The van der Waals surface area contributed by atoms with Crippen molar-refractivity contribution in [1.82, 2.24) is 5.01 Å². The molecule has 2 aromatic carbocycles. The Balaban J connectivity index is 1.99. The van der Waals surface area contributed by atoms with Crippen LogP contribution >= 0.6 is 11.6 Å². The standard InChI is InChI=1S/C22H21ClN2O6/c1-12(26)25-19(15-5-7-21(31-14(3)28)22(9-15)29-4)11-18(24-25)17-10-16(23)6-8-20(17)30-13(2)27/h5-10,19H,11H2,1-4H3. The van der Waals surface area contributed by atoms with Gasteiger partial charge in [-0.05, 0) is 35.9 Å². The van der Waals surface area contributed by atoms with E-state index in [0.717, 1.165) is 5.56 Å². The minimum absolute atomic E-state index is 0.265. The molecule has 0 N–H and O–H groups in total. The smallest absolute Gasteiger partial charge is 0.308 e. The number of nitrogens with zero attached hydrogens (tertiary/aromatic N) is 2. The summed E-state index contributed by atoms with van der Waals surface area (Å²) in [6.45, 7) is 4.01. The summed E-state index contributed by atoms with van der Waals surface area (Å²) in [5.74, 6) is -0.274. The van der Waals surface area contributed by atoms with Crippen LogP contribution < -0.4 is 14.2 Å². The Morgan fingerprint density at radius 3 is 2.23 bits per heavy atom. The molecule has 0 aromatic heterocycles. The van der Waals surface area contributed by atoms with Gasteiger partial charge in [0.05, 0.1) is 18.9 Å². The Morgan fingerprint density at radius 1 is 0.968 bits per heavy atom. The first kappa shape index (κ1) is 22.3. The number of hydrogen-bond donors (Lipinski definition) is 0. The maximum Gasteiger partial charge on any atom is 0.308 e. The Hall–Kier alpha value is -3.39. The summed E-state index contributed by atoms with van der Waals surface area (Å²) in [5.41, 5.74) is 1.81. The normalized spacial score (nSPS) is 15.3. The number of benzene rings is 2. The molecule has 1 aliphatic rings. The molecule has 1 unspecified atom stereocenters. The lowest BCUT2D eigenvalue weighted by molar-refractivity contribution is -0.132. The van der Waals surface area contributed by atoms with E-state index in [-0.39, 0.29) is 11.7 Å². The van der Waals surface area contributed by atoms with Crippen molar-refractivity contribution >= 4 is 35.2 Å². The fourth-order valence-corrected chi connectivity index (χ4v) is 3.50. The predicted octanol–water partition coefficient (Wildman–Crippen LogP) is 3.90. The van der Waals surface area contributed by atoms with E-state index in [0.29, 0.717) is 34.2 Å². The van der Waals surface area contributed by atoms with E-state index in [1.54, 1.807) is 36.4 Å². The van der Waals surface area contributed by atoms with Crippen LogP contribution in [0.15, 0.2) is 41.5 Å². The average molecular weight is 445 g/mol. The highest BCUT2D eigenvalue weighted by Gasteiger charge is 2.33. The first-order valence-corrected chi connectivity index (χ1v) is 9.79. The van der Waals surface area contributed by atoms with Crippen molar-refractivity contribution in [3.63, 3.8) is 0 Å². The first-order chi connectivity index (χ1) is 14.7. The van der Waals surface area contributed by atoms with Crippen LogP contribution in [0.25, 0.3) is 0 Å². The number of methoxy groups -OCH3 is 1. The molecular weight excluding hydrogens is 424 g/mol. The van der Waals surface area contributed by atoms with Crippen LogP contribution in [0.2, 0.25) is 5.02 Å². The van der Waals surface area contributed by atoms with Gasteiger partial charge in [-0.25, -0.2) is 5.01 Å². The minimum atomic E-state index is -0.479. The lowest BCUT2D eigenvalue weighted by atomic mass is 9.97. The monoisotopic (exact) mass is 444 g/mol. The van der Waals surface area contributed by atoms with Gasteiger partial charge in [0.25, 0.3) is 0 Å². The van der Waals surface area contributed by atoms with Gasteiger partial charge in [0.15, 0.2) is 11.5 Å². The fraction of sp³-hybridized carbons (Fsp3) is 0.273. The molecule has 0 saturated carbocycles. The van der Waals surface area contributed by atoms with Crippen LogP contribution in [0.5, 0.6) is 17.2 Å².